The first kappa shape index (κ1) is 16.3. The Morgan fingerprint density at radius 3 is 2.44 bits per heavy atom. The molecule has 25 heavy (non-hydrogen) atoms. The van der Waals surface area contributed by atoms with Crippen molar-refractivity contribution in [1.29, 1.82) is 0 Å². The predicted molar refractivity (Wildman–Crippen MR) is 98.0 cm³/mol. The molecule has 2 heterocycles. The van der Waals surface area contributed by atoms with Gasteiger partial charge in [0.2, 0.25) is 5.91 Å². The maximum absolute atomic E-state index is 13.0. The zero-order chi connectivity index (χ0) is 17.3. The number of aromatic nitrogens is 1. The van der Waals surface area contributed by atoms with Crippen LogP contribution in [0.3, 0.4) is 0 Å². The first-order valence-electron chi connectivity index (χ1n) is 9.21. The van der Waals surface area contributed by atoms with E-state index in [9.17, 15) is 4.79 Å². The van der Waals surface area contributed by atoms with E-state index in [0.717, 1.165) is 39.0 Å². The highest BCUT2D eigenvalue weighted by Gasteiger charge is 2.54. The molecule has 4 nitrogen and oxygen atoms in total. The molecule has 2 aliphatic rings. The molecule has 1 amide bonds. The van der Waals surface area contributed by atoms with E-state index in [2.05, 4.69) is 46.0 Å². The molecule has 1 aliphatic heterocycles. The summed E-state index contributed by atoms with van der Waals surface area (Å²) in [5.74, 6) is 0.329. The maximum atomic E-state index is 13.0. The van der Waals surface area contributed by atoms with Crippen molar-refractivity contribution >= 4 is 5.91 Å². The molecule has 0 spiro atoms. The summed E-state index contributed by atoms with van der Waals surface area (Å²) in [5.41, 5.74) is 2.24. The minimum absolute atomic E-state index is 0.228. The topological polar surface area (TPSA) is 36.4 Å². The molecule has 0 atom stereocenters. The number of benzene rings is 1. The smallest absolute Gasteiger partial charge is 0.233 e. The van der Waals surface area contributed by atoms with Gasteiger partial charge in [0.05, 0.1) is 5.41 Å². The fourth-order valence-corrected chi connectivity index (χ4v) is 3.88. The van der Waals surface area contributed by atoms with E-state index in [-0.39, 0.29) is 5.41 Å². The lowest BCUT2D eigenvalue weighted by Gasteiger charge is -2.46. The van der Waals surface area contributed by atoms with Gasteiger partial charge in [-0.1, -0.05) is 37.3 Å². The zero-order valence-electron chi connectivity index (χ0n) is 14.8. The molecule has 4 heteroatoms. The van der Waals surface area contributed by atoms with Crippen LogP contribution in [0.15, 0.2) is 54.9 Å². The first-order valence-corrected chi connectivity index (χ1v) is 9.21. The van der Waals surface area contributed by atoms with E-state index in [1.54, 1.807) is 0 Å². The van der Waals surface area contributed by atoms with Crippen molar-refractivity contribution in [2.75, 3.05) is 19.6 Å². The highest BCUT2D eigenvalue weighted by atomic mass is 16.2. The first-order chi connectivity index (χ1) is 12.2. The van der Waals surface area contributed by atoms with Gasteiger partial charge in [-0.2, -0.15) is 0 Å². The molecule has 0 N–H and O–H groups in total. The van der Waals surface area contributed by atoms with Crippen molar-refractivity contribution in [2.24, 2.45) is 0 Å². The number of amides is 1. The average molecular weight is 335 g/mol. The number of rotatable bonds is 6. The Balaban J connectivity index is 1.37. The van der Waals surface area contributed by atoms with Crippen LogP contribution in [0.1, 0.15) is 30.9 Å². The number of pyridine rings is 1. The molecular formula is C21H25N3O. The second kappa shape index (κ2) is 6.60. The Morgan fingerprint density at radius 2 is 1.84 bits per heavy atom. The van der Waals surface area contributed by atoms with Crippen molar-refractivity contribution in [3.8, 4) is 0 Å². The van der Waals surface area contributed by atoms with Gasteiger partial charge in [0.15, 0.2) is 0 Å². The van der Waals surface area contributed by atoms with Crippen molar-refractivity contribution in [1.82, 2.24) is 14.8 Å². The molecule has 2 fully saturated rings. The minimum atomic E-state index is -0.228. The van der Waals surface area contributed by atoms with Gasteiger partial charge in [0.1, 0.15) is 0 Å². The van der Waals surface area contributed by atoms with Gasteiger partial charge in [-0.3, -0.25) is 14.7 Å². The van der Waals surface area contributed by atoms with Gasteiger partial charge in [-0.15, -0.1) is 0 Å². The molecule has 0 bridgehead atoms. The molecule has 1 aromatic carbocycles. The molecule has 1 saturated carbocycles. The van der Waals surface area contributed by atoms with Crippen LogP contribution in [0.5, 0.6) is 0 Å². The molecule has 1 aliphatic carbocycles. The fraction of sp³-hybridized carbons (Fsp3) is 0.429. The van der Waals surface area contributed by atoms with Crippen molar-refractivity contribution < 1.29 is 4.79 Å². The third kappa shape index (κ3) is 3.07. The molecule has 4 rings (SSSR count). The van der Waals surface area contributed by atoms with Crippen molar-refractivity contribution in [2.45, 2.75) is 37.8 Å². The normalized spacial score (nSPS) is 18.9. The number of likely N-dealkylation sites (tertiary alicyclic amines) is 1. The minimum Gasteiger partial charge on any atom is -0.339 e. The van der Waals surface area contributed by atoms with Crippen LogP contribution in [0, 0.1) is 0 Å². The van der Waals surface area contributed by atoms with Crippen LogP contribution in [-0.4, -0.2) is 46.4 Å². The summed E-state index contributed by atoms with van der Waals surface area (Å²) in [6.07, 6.45) is 5.67. The van der Waals surface area contributed by atoms with E-state index in [1.807, 2.05) is 30.6 Å². The van der Waals surface area contributed by atoms with Gasteiger partial charge in [0, 0.05) is 38.1 Å². The summed E-state index contributed by atoms with van der Waals surface area (Å²) >= 11 is 0. The van der Waals surface area contributed by atoms with E-state index < -0.39 is 0 Å². The van der Waals surface area contributed by atoms with Crippen LogP contribution in [0.2, 0.25) is 0 Å². The van der Waals surface area contributed by atoms with Crippen LogP contribution in [0.25, 0.3) is 0 Å². The van der Waals surface area contributed by atoms with E-state index in [4.69, 9.17) is 0 Å². The standard InChI is InChI=1S/C21H25N3O/c1-2-23(14-17-8-12-22-13-9-17)19-15-24(16-19)20(25)21(10-11-21)18-6-4-3-5-7-18/h3-9,12-13,19H,2,10-11,14-16H2,1H3. The molecule has 0 unspecified atom stereocenters. The fourth-order valence-electron chi connectivity index (χ4n) is 3.88. The summed E-state index contributed by atoms with van der Waals surface area (Å²) in [4.78, 5) is 21.6. The molecule has 1 aromatic heterocycles. The summed E-state index contributed by atoms with van der Waals surface area (Å²) in [7, 11) is 0. The average Bonchev–Trinajstić information content (AvgIpc) is 3.43. The number of likely N-dealkylation sites (N-methyl/N-ethyl adjacent to an activating group) is 1. The molecule has 2 aromatic rings. The van der Waals surface area contributed by atoms with Crippen LogP contribution >= 0.6 is 0 Å². The maximum Gasteiger partial charge on any atom is 0.233 e. The Labute approximate surface area is 149 Å². The summed E-state index contributed by atoms with van der Waals surface area (Å²) in [6, 6.07) is 14.9. The zero-order valence-corrected chi connectivity index (χ0v) is 14.8. The van der Waals surface area contributed by atoms with Gasteiger partial charge in [0.25, 0.3) is 0 Å². The summed E-state index contributed by atoms with van der Waals surface area (Å²) in [5, 5.41) is 0. The summed E-state index contributed by atoms with van der Waals surface area (Å²) in [6.45, 7) is 5.82. The second-order valence-corrected chi connectivity index (χ2v) is 7.23. The molecule has 0 radical (unpaired) electrons. The lowest BCUT2D eigenvalue weighted by molar-refractivity contribution is -0.141. The summed E-state index contributed by atoms with van der Waals surface area (Å²) < 4.78 is 0. The van der Waals surface area contributed by atoms with Crippen LogP contribution in [-0.2, 0) is 16.8 Å². The van der Waals surface area contributed by atoms with Crippen LogP contribution in [0.4, 0.5) is 0 Å². The second-order valence-electron chi connectivity index (χ2n) is 7.23. The van der Waals surface area contributed by atoms with E-state index in [0.29, 0.717) is 11.9 Å². The number of carbonyl (C=O) groups is 1. The van der Waals surface area contributed by atoms with Crippen molar-refractivity contribution in [3.05, 3.63) is 66.0 Å². The van der Waals surface area contributed by atoms with Gasteiger partial charge in [-0.25, -0.2) is 0 Å². The van der Waals surface area contributed by atoms with Crippen molar-refractivity contribution in [3.63, 3.8) is 0 Å². The van der Waals surface area contributed by atoms with Gasteiger partial charge in [-0.05, 0) is 42.6 Å². The molecule has 130 valence electrons. The Kier molecular flexibility index (Phi) is 4.30. The number of nitrogens with zero attached hydrogens (tertiary/aromatic N) is 3. The number of hydrogen-bond acceptors (Lipinski definition) is 3. The highest BCUT2D eigenvalue weighted by Crippen LogP contribution is 2.50. The molecular weight excluding hydrogens is 310 g/mol. The lowest BCUT2D eigenvalue weighted by Crippen LogP contribution is -2.62. The SMILES string of the molecule is CCN(Cc1ccncc1)C1CN(C(=O)C2(c3ccccc3)CC2)C1. The molecule has 1 saturated heterocycles. The van der Waals surface area contributed by atoms with Crippen LogP contribution < -0.4 is 0 Å². The van der Waals surface area contributed by atoms with E-state index >= 15 is 0 Å². The highest BCUT2D eigenvalue weighted by molar-refractivity contribution is 5.92. The predicted octanol–water partition coefficient (Wildman–Crippen LogP) is 2.85. The van der Waals surface area contributed by atoms with Gasteiger partial charge < -0.3 is 4.90 Å². The third-order valence-electron chi connectivity index (χ3n) is 5.69. The monoisotopic (exact) mass is 335 g/mol. The Hall–Kier alpha value is -2.20. The number of carbonyl (C=O) groups excluding carboxylic acids is 1. The van der Waals surface area contributed by atoms with Gasteiger partial charge >= 0.3 is 0 Å². The largest absolute Gasteiger partial charge is 0.339 e. The Morgan fingerprint density at radius 1 is 1.16 bits per heavy atom. The quantitative estimate of drug-likeness (QED) is 0.814. The lowest BCUT2D eigenvalue weighted by atomic mass is 9.92. The third-order valence-corrected chi connectivity index (χ3v) is 5.69. The Bertz CT molecular complexity index is 721. The van der Waals surface area contributed by atoms with E-state index in [1.165, 1.54) is 11.1 Å². The number of hydrogen-bond donors (Lipinski definition) is 0.